The summed E-state index contributed by atoms with van der Waals surface area (Å²) in [5, 5.41) is 7.30. The van der Waals surface area contributed by atoms with Crippen molar-refractivity contribution in [2.75, 3.05) is 22.6 Å². The van der Waals surface area contributed by atoms with Gasteiger partial charge >= 0.3 is 18.3 Å². The number of aromatic nitrogens is 3. The molecule has 4 aromatic rings. The summed E-state index contributed by atoms with van der Waals surface area (Å²) in [4.78, 5) is 35.4. The van der Waals surface area contributed by atoms with Crippen LogP contribution in [0, 0.1) is 6.92 Å². The van der Waals surface area contributed by atoms with Crippen LogP contribution >= 0.6 is 11.8 Å². The lowest BCUT2D eigenvalue weighted by Crippen LogP contribution is -2.41. The number of benzene rings is 3. The number of ether oxygens (including phenoxy) is 2. The van der Waals surface area contributed by atoms with E-state index in [2.05, 4.69) is 25.1 Å². The number of hydrogen-bond acceptors (Lipinski definition) is 7. The van der Waals surface area contributed by atoms with Gasteiger partial charge in [-0.2, -0.15) is 26.9 Å². The molecule has 1 aromatic heterocycles. The van der Waals surface area contributed by atoms with Gasteiger partial charge in [0.2, 0.25) is 5.91 Å². The number of urea groups is 1. The van der Waals surface area contributed by atoms with Gasteiger partial charge < -0.3 is 14.8 Å². The van der Waals surface area contributed by atoms with E-state index in [1.807, 2.05) is 12.1 Å². The molecule has 0 spiro atoms. The number of nitrogens with zero attached hydrogens (tertiary/aromatic N) is 5. The highest BCUT2D eigenvalue weighted by Crippen LogP contribution is 2.40. The summed E-state index contributed by atoms with van der Waals surface area (Å²) in [6.07, 6.45) is -9.11. The zero-order valence-corrected chi connectivity index (χ0v) is 24.0. The molecule has 3 amide bonds. The second-order valence-electron chi connectivity index (χ2n) is 9.86. The second kappa shape index (κ2) is 11.5. The summed E-state index contributed by atoms with van der Waals surface area (Å²) in [6, 6.07) is 14.3. The van der Waals surface area contributed by atoms with Crippen LogP contribution in [-0.4, -0.2) is 56.5 Å². The SMILES string of the molecule is Cc1cc(-c2ncn(-c3ccc(OC(F)(F)C(F)(F)F)cc3)n2)ccc1NC(=O)N=C1SCC(=O)N1c1cccc2c1OCC2. The van der Waals surface area contributed by atoms with Crippen molar-refractivity contribution in [3.05, 3.63) is 78.1 Å². The number of thioether (sulfide) groups is 1. The van der Waals surface area contributed by atoms with Crippen molar-refractivity contribution in [3.8, 4) is 28.6 Å². The number of amides is 3. The molecule has 1 N–H and O–H groups in total. The number of carbonyl (C=O) groups is 2. The molecule has 1 saturated heterocycles. The summed E-state index contributed by atoms with van der Waals surface area (Å²) in [5.74, 6) is 0.142. The van der Waals surface area contributed by atoms with Crippen molar-refractivity contribution in [2.45, 2.75) is 25.6 Å². The van der Waals surface area contributed by atoms with E-state index in [-0.39, 0.29) is 22.7 Å². The first kappa shape index (κ1) is 30.1. The maximum atomic E-state index is 13.2. The van der Waals surface area contributed by atoms with Crippen molar-refractivity contribution in [1.29, 1.82) is 0 Å². The van der Waals surface area contributed by atoms with Gasteiger partial charge in [0.25, 0.3) is 0 Å². The van der Waals surface area contributed by atoms with Crippen LogP contribution in [0.4, 0.5) is 38.1 Å². The highest BCUT2D eigenvalue weighted by atomic mass is 32.2. The molecule has 0 radical (unpaired) electrons. The third-order valence-electron chi connectivity index (χ3n) is 6.79. The normalized spacial score (nSPS) is 15.7. The number of anilines is 2. The van der Waals surface area contributed by atoms with Gasteiger partial charge in [-0.25, -0.2) is 14.5 Å². The zero-order chi connectivity index (χ0) is 31.9. The van der Waals surface area contributed by atoms with Crippen LogP contribution in [0.2, 0.25) is 0 Å². The minimum atomic E-state index is -5.86. The molecule has 1 fully saturated rings. The molecule has 2 aliphatic heterocycles. The number of hydrogen-bond donors (Lipinski definition) is 1. The second-order valence-corrected chi connectivity index (χ2v) is 10.8. The number of aryl methyl sites for hydroxylation is 1. The lowest BCUT2D eigenvalue weighted by atomic mass is 10.1. The summed E-state index contributed by atoms with van der Waals surface area (Å²) >= 11 is 1.15. The first-order valence-corrected chi connectivity index (χ1v) is 14.2. The molecule has 6 rings (SSSR count). The number of rotatable bonds is 6. The van der Waals surface area contributed by atoms with Gasteiger partial charge in [-0.1, -0.05) is 23.9 Å². The van der Waals surface area contributed by atoms with Gasteiger partial charge in [0.1, 0.15) is 17.8 Å². The van der Waals surface area contributed by atoms with Gasteiger partial charge in [0.15, 0.2) is 11.0 Å². The minimum absolute atomic E-state index is 0.134. The van der Waals surface area contributed by atoms with Crippen LogP contribution in [-0.2, 0) is 11.2 Å². The predicted molar refractivity (Wildman–Crippen MR) is 155 cm³/mol. The van der Waals surface area contributed by atoms with E-state index in [0.29, 0.717) is 40.5 Å². The number of nitrogens with one attached hydrogen (secondary N) is 1. The fraction of sp³-hybridized carbons (Fsp3) is 0.207. The maximum absolute atomic E-state index is 13.2. The zero-order valence-electron chi connectivity index (χ0n) is 23.1. The Morgan fingerprint density at radius 1 is 1.09 bits per heavy atom. The molecular formula is C29H21F5N6O4S. The van der Waals surface area contributed by atoms with E-state index in [1.165, 1.54) is 28.0 Å². The van der Waals surface area contributed by atoms with Crippen LogP contribution < -0.4 is 19.7 Å². The van der Waals surface area contributed by atoms with Crippen LogP contribution in [0.25, 0.3) is 17.1 Å². The third kappa shape index (κ3) is 6.05. The van der Waals surface area contributed by atoms with E-state index in [0.717, 1.165) is 35.9 Å². The van der Waals surface area contributed by atoms with Gasteiger partial charge in [-0.3, -0.25) is 9.69 Å². The fourth-order valence-electron chi connectivity index (χ4n) is 4.62. The standard InChI is InChI=1S/C29H21F5N6O4S/c1-16-13-18(25-35-15-39(38-25)19-6-8-20(9-7-19)44-29(33,34)28(30,31)32)5-10-21(16)36-26(42)37-27-40(23(41)14-45-27)22-4-2-3-17-11-12-43-24(17)22/h2-10,13,15H,11-12,14H2,1H3,(H,36,42). The van der Waals surface area contributed by atoms with Crippen molar-refractivity contribution in [1.82, 2.24) is 14.8 Å². The van der Waals surface area contributed by atoms with E-state index < -0.39 is 24.1 Å². The first-order chi connectivity index (χ1) is 21.4. The summed E-state index contributed by atoms with van der Waals surface area (Å²) in [5.41, 5.74) is 3.57. The number of carbonyl (C=O) groups excluding carboxylic acids is 2. The molecule has 0 bridgehead atoms. The number of amidine groups is 1. The third-order valence-corrected chi connectivity index (χ3v) is 7.72. The van der Waals surface area contributed by atoms with Crippen molar-refractivity contribution >= 4 is 40.2 Å². The number of para-hydroxylation sites is 1. The minimum Gasteiger partial charge on any atom is -0.491 e. The number of fused-ring (bicyclic) bond motifs is 1. The monoisotopic (exact) mass is 644 g/mol. The quantitative estimate of drug-likeness (QED) is 0.243. The summed E-state index contributed by atoms with van der Waals surface area (Å²) < 4.78 is 74.4. The molecule has 0 unspecified atom stereocenters. The van der Waals surface area contributed by atoms with Crippen LogP contribution in [0.5, 0.6) is 11.5 Å². The fourth-order valence-corrected chi connectivity index (χ4v) is 5.48. The smallest absolute Gasteiger partial charge is 0.491 e. The van der Waals surface area contributed by atoms with E-state index in [9.17, 15) is 31.5 Å². The van der Waals surface area contributed by atoms with E-state index in [1.54, 1.807) is 31.2 Å². The molecule has 3 heterocycles. The van der Waals surface area contributed by atoms with Crippen LogP contribution in [0.1, 0.15) is 11.1 Å². The Hall–Kier alpha value is -4.99. The van der Waals surface area contributed by atoms with Crippen molar-refractivity contribution in [2.24, 2.45) is 4.99 Å². The lowest BCUT2D eigenvalue weighted by Gasteiger charge is -2.20. The van der Waals surface area contributed by atoms with Gasteiger partial charge in [0, 0.05) is 17.7 Å². The average molecular weight is 645 g/mol. The Morgan fingerprint density at radius 2 is 1.87 bits per heavy atom. The van der Waals surface area contributed by atoms with Crippen molar-refractivity contribution in [3.63, 3.8) is 0 Å². The molecule has 16 heteroatoms. The first-order valence-electron chi connectivity index (χ1n) is 13.3. The van der Waals surface area contributed by atoms with Gasteiger partial charge in [-0.05, 0) is 66.6 Å². The number of alkyl halides is 5. The topological polar surface area (TPSA) is 111 Å². The largest absolute Gasteiger partial charge is 0.499 e. The molecule has 10 nitrogen and oxygen atoms in total. The molecule has 45 heavy (non-hydrogen) atoms. The van der Waals surface area contributed by atoms with Crippen LogP contribution in [0.3, 0.4) is 0 Å². The lowest BCUT2D eigenvalue weighted by molar-refractivity contribution is -0.360. The van der Waals surface area contributed by atoms with E-state index in [4.69, 9.17) is 4.74 Å². The molecule has 3 aromatic carbocycles. The van der Waals surface area contributed by atoms with Gasteiger partial charge in [-0.15, -0.1) is 5.10 Å². The van der Waals surface area contributed by atoms with E-state index >= 15 is 0 Å². The van der Waals surface area contributed by atoms with Crippen molar-refractivity contribution < 1.29 is 41.0 Å². The maximum Gasteiger partial charge on any atom is 0.499 e. The van der Waals surface area contributed by atoms with Gasteiger partial charge in [0.05, 0.1) is 23.7 Å². The highest BCUT2D eigenvalue weighted by molar-refractivity contribution is 8.15. The molecule has 0 atom stereocenters. The Labute approximate surface area is 255 Å². The Morgan fingerprint density at radius 3 is 2.60 bits per heavy atom. The van der Waals surface area contributed by atoms with Crippen LogP contribution in [0.15, 0.2) is 72.0 Å². The molecule has 0 saturated carbocycles. The average Bonchev–Trinajstić information content (AvgIpc) is 3.74. The molecule has 232 valence electrons. The predicted octanol–water partition coefficient (Wildman–Crippen LogP) is 6.38. The Kier molecular flexibility index (Phi) is 7.68. The summed E-state index contributed by atoms with van der Waals surface area (Å²) in [6.45, 7) is 2.27. The number of halogens is 5. The summed E-state index contributed by atoms with van der Waals surface area (Å²) in [7, 11) is 0. The number of aliphatic imine (C=N–C) groups is 1. The Bertz CT molecular complexity index is 1830. The molecular weight excluding hydrogens is 623 g/mol. The molecule has 2 aliphatic rings. The molecule has 0 aliphatic carbocycles. The Balaban J connectivity index is 1.14. The highest BCUT2D eigenvalue weighted by Gasteiger charge is 2.61.